The summed E-state index contributed by atoms with van der Waals surface area (Å²) in [4.78, 5) is 0. The highest BCUT2D eigenvalue weighted by atomic mass is 35.5. The number of hydrogen-bond donors (Lipinski definition) is 1. The van der Waals surface area contributed by atoms with Crippen molar-refractivity contribution in [1.29, 1.82) is 0 Å². The monoisotopic (exact) mass is 309 g/mol. The van der Waals surface area contributed by atoms with Crippen molar-refractivity contribution in [2.24, 2.45) is 11.7 Å². The summed E-state index contributed by atoms with van der Waals surface area (Å²) >= 11 is 6.38. The molecule has 0 amide bonds. The Hall–Kier alpha value is -0.730. The van der Waals surface area contributed by atoms with E-state index >= 15 is 0 Å². The fourth-order valence-corrected chi connectivity index (χ4v) is 3.46. The lowest BCUT2D eigenvalue weighted by atomic mass is 9.84. The Balaban J connectivity index is 2.16. The maximum atomic E-state index is 6.38. The Morgan fingerprint density at radius 2 is 2.05 bits per heavy atom. The maximum Gasteiger partial charge on any atom is 0.124 e. The molecule has 2 nitrogen and oxygen atoms in total. The zero-order valence-corrected chi connectivity index (χ0v) is 14.0. The summed E-state index contributed by atoms with van der Waals surface area (Å²) in [5, 5.41) is 0.778. The summed E-state index contributed by atoms with van der Waals surface area (Å²) in [7, 11) is 0. The van der Waals surface area contributed by atoms with Crippen molar-refractivity contribution in [2.75, 3.05) is 0 Å². The number of benzene rings is 1. The summed E-state index contributed by atoms with van der Waals surface area (Å²) in [6.45, 7) is 4.37. The lowest BCUT2D eigenvalue weighted by molar-refractivity contribution is 0.0893. The highest BCUT2D eigenvalue weighted by Gasteiger charge is 2.26. The van der Waals surface area contributed by atoms with E-state index in [0.717, 1.165) is 35.6 Å². The van der Waals surface area contributed by atoms with Crippen molar-refractivity contribution < 1.29 is 4.74 Å². The molecular formula is C18H28ClNO. The van der Waals surface area contributed by atoms with Gasteiger partial charge in [-0.1, -0.05) is 37.9 Å². The molecule has 1 aromatic carbocycles. The highest BCUT2D eigenvalue weighted by molar-refractivity contribution is 6.31. The zero-order chi connectivity index (χ0) is 15.2. The van der Waals surface area contributed by atoms with Gasteiger partial charge in [0.15, 0.2) is 0 Å². The molecule has 0 bridgehead atoms. The first-order chi connectivity index (χ1) is 10.2. The van der Waals surface area contributed by atoms with E-state index in [4.69, 9.17) is 22.1 Å². The standard InChI is InChI=1S/C18H28ClNO/c1-3-13-8-5-6-10-17(13)21-18-11-7-9-16(19)15(18)12-14(20)4-2/h7,9,11,13-14,17H,3-6,8,10,12,20H2,1-2H3. The Kier molecular flexibility index (Phi) is 6.38. The maximum absolute atomic E-state index is 6.38. The van der Waals surface area contributed by atoms with Crippen LogP contribution in [0.3, 0.4) is 0 Å². The van der Waals surface area contributed by atoms with Crippen molar-refractivity contribution in [1.82, 2.24) is 0 Å². The second-order valence-electron chi connectivity index (χ2n) is 6.20. The molecule has 0 radical (unpaired) electrons. The third kappa shape index (κ3) is 4.37. The van der Waals surface area contributed by atoms with Crippen LogP contribution in [-0.2, 0) is 6.42 Å². The van der Waals surface area contributed by atoms with E-state index in [1.165, 1.54) is 25.7 Å². The minimum absolute atomic E-state index is 0.139. The first kappa shape index (κ1) is 16.6. The quantitative estimate of drug-likeness (QED) is 0.805. The van der Waals surface area contributed by atoms with E-state index in [1.54, 1.807) is 0 Å². The molecule has 0 spiro atoms. The molecule has 1 aromatic rings. The van der Waals surface area contributed by atoms with Gasteiger partial charge in [0.05, 0.1) is 0 Å². The number of ether oxygens (including phenoxy) is 1. The van der Waals surface area contributed by atoms with Gasteiger partial charge in [-0.2, -0.15) is 0 Å². The van der Waals surface area contributed by atoms with Gasteiger partial charge in [-0.05, 0) is 56.6 Å². The molecule has 2 rings (SSSR count). The van der Waals surface area contributed by atoms with Crippen molar-refractivity contribution in [3.63, 3.8) is 0 Å². The molecule has 3 heteroatoms. The van der Waals surface area contributed by atoms with E-state index in [9.17, 15) is 0 Å². The average molecular weight is 310 g/mol. The van der Waals surface area contributed by atoms with E-state index in [2.05, 4.69) is 13.8 Å². The van der Waals surface area contributed by atoms with E-state index in [0.29, 0.717) is 12.0 Å². The van der Waals surface area contributed by atoms with Gasteiger partial charge in [0.25, 0.3) is 0 Å². The molecule has 1 fully saturated rings. The van der Waals surface area contributed by atoms with Crippen LogP contribution in [0.25, 0.3) is 0 Å². The van der Waals surface area contributed by atoms with Crippen LogP contribution in [0.2, 0.25) is 5.02 Å². The minimum atomic E-state index is 0.139. The van der Waals surface area contributed by atoms with Crippen LogP contribution in [-0.4, -0.2) is 12.1 Å². The number of halogens is 1. The lowest BCUT2D eigenvalue weighted by Crippen LogP contribution is -2.30. The third-order valence-electron chi connectivity index (χ3n) is 4.71. The number of rotatable bonds is 6. The van der Waals surface area contributed by atoms with Gasteiger partial charge in [0, 0.05) is 16.6 Å². The Labute approximate surface area is 134 Å². The van der Waals surface area contributed by atoms with Gasteiger partial charge in [0.1, 0.15) is 11.9 Å². The number of nitrogens with two attached hydrogens (primary N) is 1. The molecular weight excluding hydrogens is 282 g/mol. The van der Waals surface area contributed by atoms with Crippen LogP contribution in [0.15, 0.2) is 18.2 Å². The highest BCUT2D eigenvalue weighted by Crippen LogP contribution is 2.34. The van der Waals surface area contributed by atoms with Crippen molar-refractivity contribution in [2.45, 2.75) is 70.9 Å². The van der Waals surface area contributed by atoms with Crippen LogP contribution in [0.1, 0.15) is 57.9 Å². The van der Waals surface area contributed by atoms with Gasteiger partial charge in [-0.25, -0.2) is 0 Å². The third-order valence-corrected chi connectivity index (χ3v) is 5.06. The molecule has 0 aromatic heterocycles. The summed E-state index contributed by atoms with van der Waals surface area (Å²) < 4.78 is 6.38. The predicted molar refractivity (Wildman–Crippen MR) is 90.1 cm³/mol. The molecule has 1 aliphatic rings. The molecule has 0 heterocycles. The van der Waals surface area contributed by atoms with E-state index in [-0.39, 0.29) is 6.04 Å². The van der Waals surface area contributed by atoms with Crippen molar-refractivity contribution >= 4 is 11.6 Å². The molecule has 0 aliphatic heterocycles. The summed E-state index contributed by atoms with van der Waals surface area (Å²) in [5.41, 5.74) is 7.19. The summed E-state index contributed by atoms with van der Waals surface area (Å²) in [6.07, 6.45) is 8.30. The molecule has 2 N–H and O–H groups in total. The second-order valence-corrected chi connectivity index (χ2v) is 6.61. The smallest absolute Gasteiger partial charge is 0.124 e. The largest absolute Gasteiger partial charge is 0.490 e. The van der Waals surface area contributed by atoms with Gasteiger partial charge < -0.3 is 10.5 Å². The molecule has 0 saturated heterocycles. The van der Waals surface area contributed by atoms with Crippen molar-refractivity contribution in [3.8, 4) is 5.75 Å². The fourth-order valence-electron chi connectivity index (χ4n) is 3.21. The fraction of sp³-hybridized carbons (Fsp3) is 0.667. The molecule has 1 saturated carbocycles. The zero-order valence-electron chi connectivity index (χ0n) is 13.3. The average Bonchev–Trinajstić information content (AvgIpc) is 2.51. The summed E-state index contributed by atoms with van der Waals surface area (Å²) in [6, 6.07) is 6.10. The second kappa shape index (κ2) is 8.05. The van der Waals surface area contributed by atoms with Crippen LogP contribution in [0, 0.1) is 5.92 Å². The first-order valence-electron chi connectivity index (χ1n) is 8.35. The van der Waals surface area contributed by atoms with Crippen LogP contribution >= 0.6 is 11.6 Å². The molecule has 21 heavy (non-hydrogen) atoms. The molecule has 3 atom stereocenters. The van der Waals surface area contributed by atoms with Crippen molar-refractivity contribution in [3.05, 3.63) is 28.8 Å². The molecule has 118 valence electrons. The Bertz CT molecular complexity index is 449. The molecule has 1 aliphatic carbocycles. The van der Waals surface area contributed by atoms with Crippen LogP contribution in [0.4, 0.5) is 0 Å². The minimum Gasteiger partial charge on any atom is -0.490 e. The first-order valence-corrected chi connectivity index (χ1v) is 8.73. The SMILES string of the molecule is CCC(N)Cc1c(Cl)cccc1OC1CCCCC1CC. The number of hydrogen-bond acceptors (Lipinski definition) is 2. The topological polar surface area (TPSA) is 35.2 Å². The Morgan fingerprint density at radius 3 is 2.76 bits per heavy atom. The summed E-state index contributed by atoms with van der Waals surface area (Å²) in [5.74, 6) is 1.61. The van der Waals surface area contributed by atoms with Gasteiger partial charge in [-0.3, -0.25) is 0 Å². The van der Waals surface area contributed by atoms with Crippen LogP contribution < -0.4 is 10.5 Å². The lowest BCUT2D eigenvalue weighted by Gasteiger charge is -2.32. The predicted octanol–water partition coefficient (Wildman–Crippen LogP) is 4.97. The van der Waals surface area contributed by atoms with E-state index < -0.39 is 0 Å². The normalized spacial score (nSPS) is 23.8. The van der Waals surface area contributed by atoms with Gasteiger partial charge in [0.2, 0.25) is 0 Å². The van der Waals surface area contributed by atoms with Gasteiger partial charge >= 0.3 is 0 Å². The molecule has 3 unspecified atom stereocenters. The van der Waals surface area contributed by atoms with E-state index in [1.807, 2.05) is 18.2 Å². The Morgan fingerprint density at radius 1 is 1.29 bits per heavy atom. The van der Waals surface area contributed by atoms with Crippen LogP contribution in [0.5, 0.6) is 5.75 Å². The van der Waals surface area contributed by atoms with Gasteiger partial charge in [-0.15, -0.1) is 0 Å².